The van der Waals surface area contributed by atoms with Crippen LogP contribution in [0.25, 0.3) is 0 Å². The first kappa shape index (κ1) is 18.0. The van der Waals surface area contributed by atoms with Gasteiger partial charge in [-0.1, -0.05) is 24.3 Å². The average Bonchev–Trinajstić information content (AvgIpc) is 3.48. The van der Waals surface area contributed by atoms with E-state index in [1.165, 1.54) is 62.9 Å². The van der Waals surface area contributed by atoms with Crippen molar-refractivity contribution >= 4 is 5.91 Å². The summed E-state index contributed by atoms with van der Waals surface area (Å²) < 4.78 is 0. The van der Waals surface area contributed by atoms with Crippen molar-refractivity contribution in [3.8, 4) is 0 Å². The van der Waals surface area contributed by atoms with Crippen molar-refractivity contribution in [1.29, 1.82) is 0 Å². The van der Waals surface area contributed by atoms with Crippen molar-refractivity contribution in [3.63, 3.8) is 0 Å². The number of amides is 1. The van der Waals surface area contributed by atoms with Crippen LogP contribution in [-0.2, 0) is 11.3 Å². The second-order valence-corrected chi connectivity index (χ2v) is 8.55. The second kappa shape index (κ2) is 8.10. The summed E-state index contributed by atoms with van der Waals surface area (Å²) in [5, 5.41) is 3.21. The average molecular weight is 356 g/mol. The molecule has 1 aromatic carbocycles. The van der Waals surface area contributed by atoms with Gasteiger partial charge in [0.25, 0.3) is 0 Å². The number of aryl methyl sites for hydroxylation is 1. The van der Waals surface area contributed by atoms with Gasteiger partial charge in [0, 0.05) is 25.2 Å². The van der Waals surface area contributed by atoms with E-state index in [1.54, 1.807) is 0 Å². The number of hydrogen-bond acceptors (Lipinski definition) is 3. The molecule has 0 radical (unpaired) electrons. The SMILES string of the molecule is Cc1ccccc1CN1CCC(N2CCCC(C(=O)NC3CC3)C2)CC1. The predicted molar refractivity (Wildman–Crippen MR) is 105 cm³/mol. The van der Waals surface area contributed by atoms with Gasteiger partial charge in [-0.15, -0.1) is 0 Å². The van der Waals surface area contributed by atoms with Crippen LogP contribution in [0.4, 0.5) is 0 Å². The first-order valence-corrected chi connectivity index (χ1v) is 10.5. The zero-order valence-corrected chi connectivity index (χ0v) is 16.1. The topological polar surface area (TPSA) is 35.6 Å². The van der Waals surface area contributed by atoms with Gasteiger partial charge < -0.3 is 5.32 Å². The smallest absolute Gasteiger partial charge is 0.224 e. The molecule has 0 bridgehead atoms. The lowest BCUT2D eigenvalue weighted by Gasteiger charge is -2.42. The Balaban J connectivity index is 1.26. The van der Waals surface area contributed by atoms with Crippen molar-refractivity contribution in [2.75, 3.05) is 26.2 Å². The van der Waals surface area contributed by atoms with E-state index in [2.05, 4.69) is 46.3 Å². The first-order chi connectivity index (χ1) is 12.7. The molecule has 1 saturated carbocycles. The van der Waals surface area contributed by atoms with Crippen LogP contribution < -0.4 is 5.32 Å². The molecule has 1 aliphatic carbocycles. The zero-order chi connectivity index (χ0) is 17.9. The van der Waals surface area contributed by atoms with Crippen LogP contribution in [0.1, 0.15) is 49.7 Å². The summed E-state index contributed by atoms with van der Waals surface area (Å²) in [6, 6.07) is 9.90. The summed E-state index contributed by atoms with van der Waals surface area (Å²) in [6.45, 7) is 7.79. The van der Waals surface area contributed by atoms with Gasteiger partial charge in [-0.05, 0) is 76.2 Å². The molecular formula is C22H33N3O. The van der Waals surface area contributed by atoms with Crippen molar-refractivity contribution in [1.82, 2.24) is 15.1 Å². The van der Waals surface area contributed by atoms with Gasteiger partial charge in [0.15, 0.2) is 0 Å². The Hall–Kier alpha value is -1.39. The Kier molecular flexibility index (Phi) is 5.60. The van der Waals surface area contributed by atoms with Gasteiger partial charge in [-0.3, -0.25) is 14.6 Å². The summed E-state index contributed by atoms with van der Waals surface area (Å²) in [7, 11) is 0. The van der Waals surface area contributed by atoms with Crippen LogP contribution in [-0.4, -0.2) is 54.0 Å². The van der Waals surface area contributed by atoms with E-state index in [1.807, 2.05) is 0 Å². The summed E-state index contributed by atoms with van der Waals surface area (Å²) in [5.41, 5.74) is 2.86. The van der Waals surface area contributed by atoms with Crippen LogP contribution in [0.15, 0.2) is 24.3 Å². The van der Waals surface area contributed by atoms with E-state index in [9.17, 15) is 4.79 Å². The Morgan fingerprint density at radius 2 is 1.85 bits per heavy atom. The van der Waals surface area contributed by atoms with Crippen LogP contribution in [0.3, 0.4) is 0 Å². The molecule has 1 unspecified atom stereocenters. The van der Waals surface area contributed by atoms with E-state index in [4.69, 9.17) is 0 Å². The van der Waals surface area contributed by atoms with Crippen molar-refractivity contribution < 1.29 is 4.79 Å². The molecule has 4 nitrogen and oxygen atoms in total. The maximum atomic E-state index is 12.4. The van der Waals surface area contributed by atoms with E-state index in [0.29, 0.717) is 18.0 Å². The Labute approximate surface area is 157 Å². The molecule has 3 aliphatic rings. The number of likely N-dealkylation sites (tertiary alicyclic amines) is 2. The summed E-state index contributed by atoms with van der Waals surface area (Å²) in [6.07, 6.45) is 7.09. The highest BCUT2D eigenvalue weighted by molar-refractivity contribution is 5.79. The Morgan fingerprint density at radius 3 is 2.58 bits per heavy atom. The number of hydrogen-bond donors (Lipinski definition) is 1. The number of nitrogens with one attached hydrogen (secondary N) is 1. The molecule has 1 atom stereocenters. The number of nitrogens with zero attached hydrogens (tertiary/aromatic N) is 2. The molecule has 1 aromatic rings. The number of carbonyl (C=O) groups is 1. The third-order valence-electron chi connectivity index (χ3n) is 6.48. The number of benzene rings is 1. The van der Waals surface area contributed by atoms with Gasteiger partial charge in [-0.25, -0.2) is 0 Å². The predicted octanol–water partition coefficient (Wildman–Crippen LogP) is 2.95. The Morgan fingerprint density at radius 1 is 1.08 bits per heavy atom. The van der Waals surface area contributed by atoms with E-state index >= 15 is 0 Å². The first-order valence-electron chi connectivity index (χ1n) is 10.5. The van der Waals surface area contributed by atoms with Gasteiger partial charge in [0.05, 0.1) is 5.92 Å². The minimum Gasteiger partial charge on any atom is -0.353 e. The van der Waals surface area contributed by atoms with Gasteiger partial charge in [0.1, 0.15) is 0 Å². The lowest BCUT2D eigenvalue weighted by molar-refractivity contribution is -0.127. The maximum Gasteiger partial charge on any atom is 0.224 e. The molecule has 2 heterocycles. The molecule has 142 valence electrons. The quantitative estimate of drug-likeness (QED) is 0.882. The molecular weight excluding hydrogens is 322 g/mol. The van der Waals surface area contributed by atoms with Gasteiger partial charge >= 0.3 is 0 Å². The molecule has 0 spiro atoms. The number of piperidine rings is 2. The lowest BCUT2D eigenvalue weighted by atomic mass is 9.93. The van der Waals surface area contributed by atoms with E-state index in [-0.39, 0.29) is 5.92 Å². The monoisotopic (exact) mass is 355 g/mol. The fourth-order valence-corrected chi connectivity index (χ4v) is 4.57. The molecule has 0 aromatic heterocycles. The standard InChI is InChI=1S/C22H33N3O/c1-17-5-2-3-6-18(17)15-24-13-10-21(11-14-24)25-12-4-7-19(16-25)22(26)23-20-8-9-20/h2-3,5-6,19-21H,4,7-16H2,1H3,(H,23,26). The maximum absolute atomic E-state index is 12.4. The molecule has 26 heavy (non-hydrogen) atoms. The molecule has 1 amide bonds. The molecule has 4 rings (SSSR count). The van der Waals surface area contributed by atoms with Crippen LogP contribution >= 0.6 is 0 Å². The summed E-state index contributed by atoms with van der Waals surface area (Å²) >= 11 is 0. The third-order valence-corrected chi connectivity index (χ3v) is 6.48. The minimum absolute atomic E-state index is 0.217. The normalized spacial score (nSPS) is 26.0. The zero-order valence-electron chi connectivity index (χ0n) is 16.1. The fourth-order valence-electron chi connectivity index (χ4n) is 4.57. The molecule has 1 N–H and O–H groups in total. The minimum atomic E-state index is 0.217. The molecule has 3 fully saturated rings. The van der Waals surface area contributed by atoms with Crippen LogP contribution in [0, 0.1) is 12.8 Å². The summed E-state index contributed by atoms with van der Waals surface area (Å²) in [4.78, 5) is 17.6. The van der Waals surface area contributed by atoms with E-state index in [0.717, 1.165) is 19.5 Å². The highest BCUT2D eigenvalue weighted by atomic mass is 16.2. The summed E-state index contributed by atoms with van der Waals surface area (Å²) in [5.74, 6) is 0.531. The molecule has 4 heteroatoms. The Bertz CT molecular complexity index is 620. The highest BCUT2D eigenvalue weighted by Gasteiger charge is 2.33. The van der Waals surface area contributed by atoms with Gasteiger partial charge in [-0.2, -0.15) is 0 Å². The third kappa shape index (κ3) is 4.47. The largest absolute Gasteiger partial charge is 0.353 e. The molecule has 2 aliphatic heterocycles. The molecule has 2 saturated heterocycles. The van der Waals surface area contributed by atoms with Crippen LogP contribution in [0.5, 0.6) is 0 Å². The van der Waals surface area contributed by atoms with Crippen molar-refractivity contribution in [3.05, 3.63) is 35.4 Å². The van der Waals surface area contributed by atoms with E-state index < -0.39 is 0 Å². The number of carbonyl (C=O) groups excluding carboxylic acids is 1. The second-order valence-electron chi connectivity index (χ2n) is 8.55. The fraction of sp³-hybridized carbons (Fsp3) is 0.682. The highest BCUT2D eigenvalue weighted by Crippen LogP contribution is 2.26. The van der Waals surface area contributed by atoms with Crippen LogP contribution in [0.2, 0.25) is 0 Å². The number of rotatable bonds is 5. The van der Waals surface area contributed by atoms with Crippen molar-refractivity contribution in [2.45, 2.75) is 64.1 Å². The lowest BCUT2D eigenvalue weighted by Crippen LogP contribution is -2.50. The van der Waals surface area contributed by atoms with Gasteiger partial charge in [0.2, 0.25) is 5.91 Å². The van der Waals surface area contributed by atoms with Crippen molar-refractivity contribution in [2.24, 2.45) is 5.92 Å².